The van der Waals surface area contributed by atoms with Crippen molar-refractivity contribution < 1.29 is 4.79 Å². The van der Waals surface area contributed by atoms with E-state index in [1.165, 1.54) is 22.3 Å². The molecule has 124 valence electrons. The van der Waals surface area contributed by atoms with Crippen LogP contribution >= 0.6 is 0 Å². The van der Waals surface area contributed by atoms with Crippen molar-refractivity contribution in [3.05, 3.63) is 34.4 Å². The summed E-state index contributed by atoms with van der Waals surface area (Å²) >= 11 is 0. The molecule has 0 heterocycles. The third kappa shape index (κ3) is 4.67. The van der Waals surface area contributed by atoms with E-state index in [4.69, 9.17) is 0 Å². The second kappa shape index (κ2) is 7.92. The Labute approximate surface area is 136 Å². The fourth-order valence-electron chi connectivity index (χ4n) is 3.46. The molecular weight excluding hydrogens is 270 g/mol. The molecule has 0 saturated carbocycles. The van der Waals surface area contributed by atoms with Gasteiger partial charge in [-0.2, -0.15) is 0 Å². The van der Waals surface area contributed by atoms with Crippen LogP contribution in [-0.4, -0.2) is 18.4 Å². The zero-order valence-electron chi connectivity index (χ0n) is 15.5. The van der Waals surface area contributed by atoms with Crippen LogP contribution in [0, 0.1) is 20.8 Å². The van der Waals surface area contributed by atoms with E-state index in [9.17, 15) is 4.79 Å². The van der Waals surface area contributed by atoms with Crippen LogP contribution in [0.3, 0.4) is 0 Å². The molecular formula is C20H33NO. The minimum atomic E-state index is -0.0766. The Balaban J connectivity index is 2.93. The van der Waals surface area contributed by atoms with Gasteiger partial charge in [-0.1, -0.05) is 31.5 Å². The molecule has 22 heavy (non-hydrogen) atoms. The summed E-state index contributed by atoms with van der Waals surface area (Å²) in [5, 5.41) is 3.30. The van der Waals surface area contributed by atoms with Crippen LogP contribution in [0.2, 0.25) is 0 Å². The van der Waals surface area contributed by atoms with Crippen LogP contribution in [0.15, 0.2) is 12.1 Å². The minimum Gasteiger partial charge on any atom is -0.314 e. The van der Waals surface area contributed by atoms with Crippen molar-refractivity contribution in [1.29, 1.82) is 0 Å². The molecule has 0 bridgehead atoms. The Bertz CT molecular complexity index is 491. The van der Waals surface area contributed by atoms with E-state index in [1.54, 1.807) is 0 Å². The SMILES string of the molecule is CCC(CC(=O)CC(C)(CC)NC)c1c(C)cc(C)cc1C. The first-order valence-electron chi connectivity index (χ1n) is 8.54. The molecule has 1 N–H and O–H groups in total. The van der Waals surface area contributed by atoms with Gasteiger partial charge in [0, 0.05) is 18.4 Å². The van der Waals surface area contributed by atoms with E-state index >= 15 is 0 Å². The summed E-state index contributed by atoms with van der Waals surface area (Å²) in [5.74, 6) is 0.705. The van der Waals surface area contributed by atoms with Crippen LogP contribution in [0.5, 0.6) is 0 Å². The van der Waals surface area contributed by atoms with Crippen molar-refractivity contribution >= 4 is 5.78 Å². The zero-order valence-corrected chi connectivity index (χ0v) is 15.5. The van der Waals surface area contributed by atoms with Crippen molar-refractivity contribution in [2.45, 2.75) is 78.7 Å². The second-order valence-corrected chi connectivity index (χ2v) is 7.00. The fourth-order valence-corrected chi connectivity index (χ4v) is 3.46. The number of nitrogens with one attached hydrogen (secondary N) is 1. The maximum Gasteiger partial charge on any atom is 0.135 e. The smallest absolute Gasteiger partial charge is 0.135 e. The van der Waals surface area contributed by atoms with E-state index in [1.807, 2.05) is 7.05 Å². The highest BCUT2D eigenvalue weighted by Gasteiger charge is 2.26. The van der Waals surface area contributed by atoms with Crippen molar-refractivity contribution in [2.75, 3.05) is 7.05 Å². The Kier molecular flexibility index (Phi) is 6.80. The van der Waals surface area contributed by atoms with Gasteiger partial charge < -0.3 is 5.32 Å². The number of benzene rings is 1. The standard InChI is InChI=1S/C20H33NO/c1-8-17(12-18(22)13-20(6,9-2)21-7)19-15(4)10-14(3)11-16(19)5/h10-11,17,21H,8-9,12-13H2,1-7H3. The molecule has 0 aliphatic carbocycles. The number of carbonyl (C=O) groups is 1. The lowest BCUT2D eigenvalue weighted by molar-refractivity contribution is -0.120. The van der Waals surface area contributed by atoms with Crippen LogP contribution in [0.25, 0.3) is 0 Å². The highest BCUT2D eigenvalue weighted by atomic mass is 16.1. The van der Waals surface area contributed by atoms with Gasteiger partial charge in [0.05, 0.1) is 0 Å². The quantitative estimate of drug-likeness (QED) is 0.744. The average Bonchev–Trinajstić information content (AvgIpc) is 2.44. The molecule has 2 atom stereocenters. The largest absolute Gasteiger partial charge is 0.314 e. The molecule has 1 rings (SSSR count). The molecule has 1 aromatic rings. The monoisotopic (exact) mass is 303 g/mol. The first-order valence-corrected chi connectivity index (χ1v) is 8.54. The van der Waals surface area contributed by atoms with Gasteiger partial charge in [-0.15, -0.1) is 0 Å². The van der Waals surface area contributed by atoms with Crippen LogP contribution < -0.4 is 5.32 Å². The van der Waals surface area contributed by atoms with E-state index in [0.717, 1.165) is 12.8 Å². The number of ketones is 1. The predicted molar refractivity (Wildman–Crippen MR) is 95.7 cm³/mol. The summed E-state index contributed by atoms with van der Waals surface area (Å²) < 4.78 is 0. The fraction of sp³-hybridized carbons (Fsp3) is 0.650. The van der Waals surface area contributed by atoms with Gasteiger partial charge >= 0.3 is 0 Å². The number of rotatable bonds is 8. The molecule has 0 radical (unpaired) electrons. The highest BCUT2D eigenvalue weighted by molar-refractivity contribution is 5.80. The molecule has 0 saturated heterocycles. The van der Waals surface area contributed by atoms with E-state index < -0.39 is 0 Å². The van der Waals surface area contributed by atoms with Crippen LogP contribution in [0.4, 0.5) is 0 Å². The molecule has 2 unspecified atom stereocenters. The topological polar surface area (TPSA) is 29.1 Å². The van der Waals surface area contributed by atoms with Gasteiger partial charge in [-0.3, -0.25) is 4.79 Å². The number of carbonyl (C=O) groups excluding carboxylic acids is 1. The lowest BCUT2D eigenvalue weighted by atomic mass is 9.82. The highest BCUT2D eigenvalue weighted by Crippen LogP contribution is 2.31. The van der Waals surface area contributed by atoms with Crippen molar-refractivity contribution in [3.8, 4) is 0 Å². The molecule has 1 aromatic carbocycles. The maximum absolute atomic E-state index is 12.6. The normalized spacial score (nSPS) is 15.4. The summed E-state index contributed by atoms with van der Waals surface area (Å²) in [6.07, 6.45) is 3.24. The summed E-state index contributed by atoms with van der Waals surface area (Å²) in [5.41, 5.74) is 5.25. The minimum absolute atomic E-state index is 0.0766. The maximum atomic E-state index is 12.6. The van der Waals surface area contributed by atoms with Gasteiger partial charge in [-0.25, -0.2) is 0 Å². The third-order valence-electron chi connectivity index (χ3n) is 5.08. The summed E-state index contributed by atoms with van der Waals surface area (Å²) in [4.78, 5) is 12.6. The Morgan fingerprint density at radius 1 is 1.18 bits per heavy atom. The first kappa shape index (κ1) is 18.9. The summed E-state index contributed by atoms with van der Waals surface area (Å²) in [7, 11) is 1.95. The van der Waals surface area contributed by atoms with E-state index in [0.29, 0.717) is 24.5 Å². The number of hydrogen-bond donors (Lipinski definition) is 1. The average molecular weight is 303 g/mol. The van der Waals surface area contributed by atoms with Gasteiger partial charge in [0.1, 0.15) is 5.78 Å². The predicted octanol–water partition coefficient (Wildman–Crippen LogP) is 4.84. The molecule has 0 spiro atoms. The Morgan fingerprint density at radius 2 is 1.73 bits per heavy atom. The number of Topliss-reactive ketones (excluding diaryl/α,β-unsaturated/α-hetero) is 1. The van der Waals surface area contributed by atoms with Gasteiger partial charge in [0.25, 0.3) is 0 Å². The third-order valence-corrected chi connectivity index (χ3v) is 5.08. The van der Waals surface area contributed by atoms with Crippen LogP contribution in [0.1, 0.15) is 74.6 Å². The molecule has 0 aliphatic rings. The summed E-state index contributed by atoms with van der Waals surface area (Å²) in [6.45, 7) is 12.9. The lowest BCUT2D eigenvalue weighted by Crippen LogP contribution is -2.41. The second-order valence-electron chi connectivity index (χ2n) is 7.00. The first-order chi connectivity index (χ1) is 10.3. The molecule has 0 amide bonds. The lowest BCUT2D eigenvalue weighted by Gasteiger charge is -2.28. The Morgan fingerprint density at radius 3 is 2.14 bits per heavy atom. The van der Waals surface area contributed by atoms with Crippen molar-refractivity contribution in [3.63, 3.8) is 0 Å². The number of aryl methyl sites for hydroxylation is 3. The van der Waals surface area contributed by atoms with E-state index in [2.05, 4.69) is 59.0 Å². The molecule has 2 nitrogen and oxygen atoms in total. The molecule has 0 aliphatic heterocycles. The van der Waals surface area contributed by atoms with Crippen molar-refractivity contribution in [2.24, 2.45) is 0 Å². The van der Waals surface area contributed by atoms with Crippen molar-refractivity contribution in [1.82, 2.24) is 5.32 Å². The molecule has 0 aromatic heterocycles. The molecule has 2 heteroatoms. The zero-order chi connectivity index (χ0) is 16.9. The Hall–Kier alpha value is -1.15. The van der Waals surface area contributed by atoms with Crippen LogP contribution in [-0.2, 0) is 4.79 Å². The van der Waals surface area contributed by atoms with E-state index in [-0.39, 0.29) is 5.54 Å². The number of hydrogen-bond acceptors (Lipinski definition) is 2. The molecule has 0 fully saturated rings. The summed E-state index contributed by atoms with van der Waals surface area (Å²) in [6, 6.07) is 4.47. The van der Waals surface area contributed by atoms with Gasteiger partial charge in [0.15, 0.2) is 0 Å². The van der Waals surface area contributed by atoms with Gasteiger partial charge in [0.2, 0.25) is 0 Å². The van der Waals surface area contributed by atoms with Gasteiger partial charge in [-0.05, 0) is 70.2 Å².